The molecule has 0 spiro atoms. The molecule has 4 amide bonds. The van der Waals surface area contributed by atoms with Crippen LogP contribution in [0.4, 0.5) is 17.1 Å². The molecule has 526 valence electrons. The minimum absolute atomic E-state index is 0.0326. The minimum Gasteiger partial charge on any atom is -0.465 e. The first-order chi connectivity index (χ1) is 52.3. The summed E-state index contributed by atoms with van der Waals surface area (Å²) in [7, 11) is 0. The van der Waals surface area contributed by atoms with Crippen molar-refractivity contribution >= 4 is 99.0 Å². The zero-order valence-corrected chi connectivity index (χ0v) is 58.6. The van der Waals surface area contributed by atoms with Gasteiger partial charge < -0.3 is 41.1 Å². The highest BCUT2D eigenvalue weighted by molar-refractivity contribution is 6.12. The Labute approximate surface area is 616 Å². The van der Waals surface area contributed by atoms with Gasteiger partial charge in [0.2, 0.25) is 5.91 Å². The van der Waals surface area contributed by atoms with Gasteiger partial charge in [0.05, 0.1) is 36.0 Å². The van der Waals surface area contributed by atoms with Crippen molar-refractivity contribution in [2.75, 3.05) is 29.2 Å². The number of hydrogen-bond donors (Lipinski definition) is 6. The number of para-hydroxylation sites is 3. The van der Waals surface area contributed by atoms with Crippen molar-refractivity contribution < 1.29 is 38.2 Å². The molecule has 0 aliphatic carbocycles. The molecule has 107 heavy (non-hydrogen) atoms. The van der Waals surface area contributed by atoms with Crippen LogP contribution in [-0.2, 0) is 51.5 Å². The van der Waals surface area contributed by atoms with E-state index in [9.17, 15) is 14.4 Å². The second-order valence-corrected chi connectivity index (χ2v) is 26.4. The fraction of sp³-hybridized carbons (Fsp3) is 0.112. The zero-order valence-electron chi connectivity index (χ0n) is 58.6. The van der Waals surface area contributed by atoms with E-state index in [-0.39, 0.29) is 43.1 Å². The summed E-state index contributed by atoms with van der Waals surface area (Å²) < 4.78 is 11.5. The number of ether oxygens (including phenoxy) is 2. The smallest absolute Gasteiger partial charge is 0.324 e. The van der Waals surface area contributed by atoms with Crippen LogP contribution < -0.4 is 21.7 Å². The minimum atomic E-state index is -1.95. The predicted octanol–water partition coefficient (Wildman–Crippen LogP) is 17.0. The van der Waals surface area contributed by atoms with E-state index in [4.69, 9.17) is 25.2 Å². The summed E-state index contributed by atoms with van der Waals surface area (Å²) in [5.41, 5.74) is 20.5. The Morgan fingerprint density at radius 1 is 0.458 bits per heavy atom. The number of benzene rings is 8. The van der Waals surface area contributed by atoms with Crippen LogP contribution in [0, 0.1) is 5.41 Å². The number of nitrogens with one attached hydrogen (secondary N) is 5. The van der Waals surface area contributed by atoms with Crippen molar-refractivity contribution in [3.63, 3.8) is 0 Å². The number of esters is 2. The van der Waals surface area contributed by atoms with E-state index in [1.165, 1.54) is 0 Å². The lowest BCUT2D eigenvalue weighted by molar-refractivity contribution is -0.172. The van der Waals surface area contributed by atoms with Gasteiger partial charge in [-0.1, -0.05) is 140 Å². The van der Waals surface area contributed by atoms with Gasteiger partial charge in [-0.3, -0.25) is 38.7 Å². The molecule has 15 rings (SSSR count). The van der Waals surface area contributed by atoms with Crippen molar-refractivity contribution in [2.24, 2.45) is 11.1 Å². The number of amides is 4. The van der Waals surface area contributed by atoms with Gasteiger partial charge >= 0.3 is 11.9 Å². The molecular weight excluding hydrogens is 1340 g/mol. The average Bonchev–Trinajstić information content (AvgIpc) is 1.70. The molecule has 8 aromatic carbocycles. The SMILES string of the molecule is CCOC(=O)C1(C(=O)OCC)Cc2cccc(c2)C(=O)Nc2ccccc2-c2c3nc(c(-c4ccccc4)c4ccc([nH]4)c(-c4ccccc4NC(=O)c4cccc(CN(Cc5cccnc5)Cc5cccc(C(N)=O)c5)c4)c4nc(c(c5ccc2[nH]5)-c2ccccc2NC(=O)c2cccc(c2)C1)C=C4)C=C3. The number of rotatable bonds is 15. The standard InChI is InChI=1S/C89H72N10O8/c1-3-106-87(104)89(88(105)107-4-2)49-55-19-14-27-62(45-55)84(101)96-68-33-11-8-30-65(68)80-73-38-36-71(92-73)79(60-24-6-5-7-25-60)72-37-39-74(93-72)81(76-41-43-78(95-76)82(77-42-40-75(80)94-77)67-32-10-12-34-69(67)97-85(102)63-28-15-20-56(46-63)50-89)66-31-9-13-35-70(66)98-86(103)64-29-17-22-58(48-64)53-99(54-59-23-18-44-91-51-59)52-57-21-16-26-61(47-57)83(90)100/h5-48,51,93-94H,3-4,49-50,52-54H2,1-2H3,(H2,90,100)(H,96,101)(H,97,102)(H,98,103). The first kappa shape index (κ1) is 69.0. The number of pyridine rings is 1. The Hall–Kier alpha value is -13.7. The summed E-state index contributed by atoms with van der Waals surface area (Å²) in [6, 6.07) is 72.9. The Kier molecular flexibility index (Phi) is 19.6. The lowest BCUT2D eigenvalue weighted by Gasteiger charge is -2.30. The van der Waals surface area contributed by atoms with Crippen LogP contribution in [0.5, 0.6) is 0 Å². The van der Waals surface area contributed by atoms with E-state index < -0.39 is 35.1 Å². The third kappa shape index (κ3) is 14.6. The van der Waals surface area contributed by atoms with Gasteiger partial charge in [0.25, 0.3) is 17.7 Å². The van der Waals surface area contributed by atoms with E-state index >= 15 is 14.4 Å². The highest BCUT2D eigenvalue weighted by Gasteiger charge is 2.49. The third-order valence-electron chi connectivity index (χ3n) is 19.2. The summed E-state index contributed by atoms with van der Waals surface area (Å²) in [5.74, 6) is -3.44. The van der Waals surface area contributed by atoms with Crippen LogP contribution in [0.25, 0.3) is 90.9 Å². The maximum absolute atomic E-state index is 15.1. The van der Waals surface area contributed by atoms with Gasteiger partial charge in [0.1, 0.15) is 0 Å². The summed E-state index contributed by atoms with van der Waals surface area (Å²) in [6.45, 7) is 4.72. The normalized spacial score (nSPS) is 13.0. The van der Waals surface area contributed by atoms with Crippen molar-refractivity contribution in [1.29, 1.82) is 0 Å². The van der Waals surface area contributed by atoms with Crippen molar-refractivity contribution in [3.05, 3.63) is 322 Å². The maximum atomic E-state index is 15.1. The van der Waals surface area contributed by atoms with Crippen LogP contribution in [0.15, 0.2) is 249 Å². The monoisotopic (exact) mass is 1410 g/mol. The quantitative estimate of drug-likeness (QED) is 0.0414. The average molecular weight is 1410 g/mol. The number of aromatic amines is 2. The molecule has 0 saturated heterocycles. The third-order valence-corrected chi connectivity index (χ3v) is 19.2. The largest absolute Gasteiger partial charge is 0.465 e. The number of primary amides is 1. The number of anilines is 3. The van der Waals surface area contributed by atoms with E-state index in [1.807, 2.05) is 200 Å². The van der Waals surface area contributed by atoms with Crippen LogP contribution in [-0.4, -0.2) is 78.6 Å². The molecule has 0 saturated carbocycles. The number of H-pyrrole nitrogens is 2. The number of nitrogens with zero attached hydrogens (tertiary/aromatic N) is 4. The molecule has 12 aromatic rings. The fourth-order valence-corrected chi connectivity index (χ4v) is 14.4. The molecule has 18 heteroatoms. The number of aromatic nitrogens is 5. The number of carbonyl (C=O) groups excluding carboxylic acids is 6. The van der Waals surface area contributed by atoms with Crippen LogP contribution in [0.2, 0.25) is 0 Å². The molecule has 7 heterocycles. The number of nitrogens with two attached hydrogens (primary N) is 1. The van der Waals surface area contributed by atoms with Gasteiger partial charge in [-0.05, 0) is 181 Å². The van der Waals surface area contributed by atoms with Gasteiger partial charge in [-0.25, -0.2) is 9.97 Å². The van der Waals surface area contributed by atoms with E-state index in [0.29, 0.717) is 132 Å². The topological polar surface area (TPSA) is 256 Å². The summed E-state index contributed by atoms with van der Waals surface area (Å²) in [6.07, 6.45) is 11.0. The van der Waals surface area contributed by atoms with Gasteiger partial charge in [-0.15, -0.1) is 0 Å². The maximum Gasteiger partial charge on any atom is 0.324 e. The summed E-state index contributed by atoms with van der Waals surface area (Å²) >= 11 is 0. The predicted molar refractivity (Wildman–Crippen MR) is 419 cm³/mol. The fourth-order valence-electron chi connectivity index (χ4n) is 14.4. The van der Waals surface area contributed by atoms with Gasteiger partial charge in [0, 0.05) is 132 Å². The lowest BCUT2D eigenvalue weighted by Crippen LogP contribution is -2.46. The van der Waals surface area contributed by atoms with Crippen molar-refractivity contribution in [3.8, 4) is 44.5 Å². The van der Waals surface area contributed by atoms with E-state index in [2.05, 4.69) is 35.8 Å². The highest BCUT2D eigenvalue weighted by atomic mass is 16.6. The molecule has 0 unspecified atom stereocenters. The molecule has 7 N–H and O–H groups in total. The molecule has 3 aliphatic rings. The van der Waals surface area contributed by atoms with Crippen LogP contribution >= 0.6 is 0 Å². The Bertz CT molecular complexity index is 5750. The van der Waals surface area contributed by atoms with Crippen LogP contribution in [0.3, 0.4) is 0 Å². The second-order valence-electron chi connectivity index (χ2n) is 26.4. The molecule has 0 atom stereocenters. The Morgan fingerprint density at radius 2 is 0.897 bits per heavy atom. The molecule has 3 aliphatic heterocycles. The summed E-state index contributed by atoms with van der Waals surface area (Å²) in [5, 5.41) is 9.78. The van der Waals surface area contributed by atoms with E-state index in [1.54, 1.807) is 86.8 Å². The molecule has 0 fully saturated rings. The van der Waals surface area contributed by atoms with E-state index in [0.717, 1.165) is 33.3 Å². The van der Waals surface area contributed by atoms with Gasteiger partial charge in [-0.2, -0.15) is 0 Å². The van der Waals surface area contributed by atoms with Gasteiger partial charge in [0.15, 0.2) is 5.41 Å². The number of hydrogen-bond acceptors (Lipinski definition) is 12. The number of carbonyl (C=O) groups is 6. The summed E-state index contributed by atoms with van der Waals surface area (Å²) in [4.78, 5) is 112. The zero-order chi connectivity index (χ0) is 73.5. The molecule has 0 radical (unpaired) electrons. The molecule has 4 aromatic heterocycles. The molecule has 14 bridgehead atoms. The Morgan fingerprint density at radius 3 is 1.42 bits per heavy atom. The number of fused-ring (bicyclic) bond motifs is 16. The molecular formula is C89H72N10O8. The Balaban J connectivity index is 0.920. The second kappa shape index (κ2) is 30.3. The molecule has 18 nitrogen and oxygen atoms in total. The first-order valence-corrected chi connectivity index (χ1v) is 35.3. The van der Waals surface area contributed by atoms with Crippen molar-refractivity contribution in [1.82, 2.24) is 29.8 Å². The highest BCUT2D eigenvalue weighted by Crippen LogP contribution is 2.43. The van der Waals surface area contributed by atoms with Crippen molar-refractivity contribution in [2.45, 2.75) is 46.3 Å². The van der Waals surface area contributed by atoms with Crippen LogP contribution in [0.1, 0.15) is 106 Å². The first-order valence-electron chi connectivity index (χ1n) is 35.3. The lowest BCUT2D eigenvalue weighted by atomic mass is 9.76.